The average Bonchev–Trinajstić information content (AvgIpc) is 2.10. The Kier molecular flexibility index (Phi) is 7.96. The van der Waals surface area contributed by atoms with Crippen molar-refractivity contribution < 1.29 is 15.0 Å². The Morgan fingerprint density at radius 2 is 1.93 bits per heavy atom. The molecule has 0 bridgehead atoms. The van der Waals surface area contributed by atoms with Crippen molar-refractivity contribution in [2.75, 3.05) is 0 Å². The molecule has 0 aromatic carbocycles. The van der Waals surface area contributed by atoms with Gasteiger partial charge in [0.2, 0.25) is 0 Å². The summed E-state index contributed by atoms with van der Waals surface area (Å²) in [5, 5.41) is 17.6. The molecule has 0 aliphatic heterocycles. The van der Waals surface area contributed by atoms with Gasteiger partial charge < -0.3 is 10.2 Å². The molecule has 3 heteroatoms. The minimum absolute atomic E-state index is 0.148. The largest absolute Gasteiger partial charge is 0.481 e. The van der Waals surface area contributed by atoms with E-state index in [1.165, 1.54) is 0 Å². The van der Waals surface area contributed by atoms with Crippen LogP contribution in [0.25, 0.3) is 0 Å². The Morgan fingerprint density at radius 3 is 2.50 bits per heavy atom. The predicted octanol–water partition coefficient (Wildman–Crippen LogP) is 1.80. The van der Waals surface area contributed by atoms with Gasteiger partial charge in [-0.15, -0.1) is 12.3 Å². The first-order chi connectivity index (χ1) is 6.66. The molecule has 0 spiro atoms. The van der Waals surface area contributed by atoms with E-state index in [2.05, 4.69) is 5.92 Å². The van der Waals surface area contributed by atoms with Crippen molar-refractivity contribution in [1.82, 2.24) is 0 Å². The van der Waals surface area contributed by atoms with Gasteiger partial charge in [-0.1, -0.05) is 19.3 Å². The average molecular weight is 198 g/mol. The third kappa shape index (κ3) is 9.08. The number of terminal acetylenes is 1. The number of hydrogen-bond acceptors (Lipinski definition) is 2. The third-order valence-corrected chi connectivity index (χ3v) is 2.02. The smallest absolute Gasteiger partial charge is 0.305 e. The van der Waals surface area contributed by atoms with E-state index in [4.69, 9.17) is 11.5 Å². The Balaban J connectivity index is 3.19. The second kappa shape index (κ2) is 8.58. The molecule has 1 atom stereocenters. The molecule has 0 rings (SSSR count). The van der Waals surface area contributed by atoms with Crippen LogP contribution in [0.3, 0.4) is 0 Å². The molecule has 0 fully saturated rings. The molecule has 0 saturated carbocycles. The zero-order chi connectivity index (χ0) is 10.8. The summed E-state index contributed by atoms with van der Waals surface area (Å²) in [6.45, 7) is 0. The van der Waals surface area contributed by atoms with Gasteiger partial charge in [0.15, 0.2) is 0 Å². The Labute approximate surface area is 85.1 Å². The van der Waals surface area contributed by atoms with Gasteiger partial charge in [0, 0.05) is 6.42 Å². The monoisotopic (exact) mass is 198 g/mol. The van der Waals surface area contributed by atoms with Crippen LogP contribution in [-0.2, 0) is 4.79 Å². The van der Waals surface area contributed by atoms with Crippen LogP contribution in [0, 0.1) is 12.3 Å². The number of aliphatic carboxylic acids is 1. The van der Waals surface area contributed by atoms with Crippen molar-refractivity contribution in [1.29, 1.82) is 0 Å². The van der Waals surface area contributed by atoms with E-state index in [9.17, 15) is 9.90 Å². The lowest BCUT2D eigenvalue weighted by atomic mass is 10.1. The number of unbranched alkanes of at least 4 members (excludes halogenated alkanes) is 4. The molecule has 80 valence electrons. The Bertz CT molecular complexity index is 193. The summed E-state index contributed by atoms with van der Waals surface area (Å²) in [7, 11) is 0. The fourth-order valence-electron chi connectivity index (χ4n) is 1.26. The van der Waals surface area contributed by atoms with Crippen LogP contribution >= 0.6 is 0 Å². The maximum atomic E-state index is 10.2. The lowest BCUT2D eigenvalue weighted by Crippen LogP contribution is -2.12. The van der Waals surface area contributed by atoms with E-state index < -0.39 is 12.1 Å². The lowest BCUT2D eigenvalue weighted by molar-refractivity contribution is -0.139. The first-order valence-electron chi connectivity index (χ1n) is 5.00. The van der Waals surface area contributed by atoms with Crippen LogP contribution in [0.5, 0.6) is 0 Å². The van der Waals surface area contributed by atoms with Crippen LogP contribution in [0.4, 0.5) is 0 Å². The Morgan fingerprint density at radius 1 is 1.29 bits per heavy atom. The van der Waals surface area contributed by atoms with Crippen molar-refractivity contribution in [3.8, 4) is 12.3 Å². The van der Waals surface area contributed by atoms with Gasteiger partial charge in [-0.2, -0.15) is 0 Å². The molecule has 14 heavy (non-hydrogen) atoms. The molecule has 0 radical (unpaired) electrons. The van der Waals surface area contributed by atoms with Crippen LogP contribution in [-0.4, -0.2) is 22.3 Å². The van der Waals surface area contributed by atoms with Gasteiger partial charge in [0.05, 0.1) is 12.5 Å². The first-order valence-corrected chi connectivity index (χ1v) is 5.00. The van der Waals surface area contributed by atoms with Gasteiger partial charge in [-0.3, -0.25) is 4.79 Å². The van der Waals surface area contributed by atoms with Gasteiger partial charge in [0.25, 0.3) is 0 Å². The van der Waals surface area contributed by atoms with Gasteiger partial charge in [-0.05, 0) is 12.8 Å². The summed E-state index contributed by atoms with van der Waals surface area (Å²) in [4.78, 5) is 10.2. The number of carboxylic acids is 1. The number of aliphatic hydroxyl groups excluding tert-OH is 1. The Hall–Kier alpha value is -1.01. The van der Waals surface area contributed by atoms with Crippen molar-refractivity contribution in [2.24, 2.45) is 0 Å². The molecule has 0 aliphatic rings. The van der Waals surface area contributed by atoms with Crippen LogP contribution in [0.1, 0.15) is 44.9 Å². The molecule has 0 aromatic rings. The highest BCUT2D eigenvalue weighted by Crippen LogP contribution is 2.08. The second-order valence-corrected chi connectivity index (χ2v) is 3.41. The first kappa shape index (κ1) is 13.0. The number of carbonyl (C=O) groups is 1. The number of aliphatic hydroxyl groups is 1. The number of rotatable bonds is 8. The molecule has 0 saturated heterocycles. The fourth-order valence-corrected chi connectivity index (χ4v) is 1.26. The molecule has 1 unspecified atom stereocenters. The number of carboxylic acid groups (broad SMARTS) is 1. The minimum Gasteiger partial charge on any atom is -0.481 e. The van der Waals surface area contributed by atoms with Gasteiger partial charge >= 0.3 is 5.97 Å². The molecule has 0 aromatic heterocycles. The highest BCUT2D eigenvalue weighted by atomic mass is 16.4. The molecule has 0 heterocycles. The zero-order valence-electron chi connectivity index (χ0n) is 8.41. The van der Waals surface area contributed by atoms with Crippen molar-refractivity contribution in [3.63, 3.8) is 0 Å². The summed E-state index contributed by atoms with van der Waals surface area (Å²) in [6.07, 6.45) is 9.59. The fraction of sp³-hybridized carbons (Fsp3) is 0.727. The van der Waals surface area contributed by atoms with Crippen LogP contribution < -0.4 is 0 Å². The van der Waals surface area contributed by atoms with E-state index in [1.807, 2.05) is 0 Å². The van der Waals surface area contributed by atoms with Crippen molar-refractivity contribution in [2.45, 2.75) is 51.0 Å². The molecule has 0 aliphatic carbocycles. The summed E-state index contributed by atoms with van der Waals surface area (Å²) in [6, 6.07) is 0. The molecule has 0 amide bonds. The zero-order valence-corrected chi connectivity index (χ0v) is 8.41. The van der Waals surface area contributed by atoms with E-state index in [0.29, 0.717) is 6.42 Å². The normalized spacial score (nSPS) is 12.0. The van der Waals surface area contributed by atoms with Crippen LogP contribution in [0.15, 0.2) is 0 Å². The SMILES string of the molecule is C#CCCCCCCC(O)CC(=O)O. The lowest BCUT2D eigenvalue weighted by Gasteiger charge is -2.06. The quantitative estimate of drug-likeness (QED) is 0.462. The highest BCUT2D eigenvalue weighted by molar-refractivity contribution is 5.67. The maximum Gasteiger partial charge on any atom is 0.305 e. The molecule has 2 N–H and O–H groups in total. The van der Waals surface area contributed by atoms with E-state index in [-0.39, 0.29) is 6.42 Å². The third-order valence-electron chi connectivity index (χ3n) is 2.02. The topological polar surface area (TPSA) is 57.5 Å². The number of hydrogen-bond donors (Lipinski definition) is 2. The second-order valence-electron chi connectivity index (χ2n) is 3.41. The van der Waals surface area contributed by atoms with Crippen LogP contribution in [0.2, 0.25) is 0 Å². The van der Waals surface area contributed by atoms with E-state index in [0.717, 1.165) is 32.1 Å². The van der Waals surface area contributed by atoms with E-state index in [1.54, 1.807) is 0 Å². The predicted molar refractivity (Wildman–Crippen MR) is 54.8 cm³/mol. The molecular weight excluding hydrogens is 180 g/mol. The highest BCUT2D eigenvalue weighted by Gasteiger charge is 2.08. The summed E-state index contributed by atoms with van der Waals surface area (Å²) < 4.78 is 0. The van der Waals surface area contributed by atoms with Gasteiger partial charge in [-0.25, -0.2) is 0 Å². The molecule has 3 nitrogen and oxygen atoms in total. The van der Waals surface area contributed by atoms with Gasteiger partial charge in [0.1, 0.15) is 0 Å². The van der Waals surface area contributed by atoms with Crippen molar-refractivity contribution in [3.05, 3.63) is 0 Å². The molecular formula is C11H18O3. The summed E-state index contributed by atoms with van der Waals surface area (Å²) in [5.74, 6) is 1.63. The standard InChI is InChI=1S/C11H18O3/c1-2-3-4-5-6-7-8-10(12)9-11(13)14/h1,10,12H,3-9H2,(H,13,14). The minimum atomic E-state index is -0.940. The van der Waals surface area contributed by atoms with Crippen molar-refractivity contribution >= 4 is 5.97 Å². The summed E-state index contributed by atoms with van der Waals surface area (Å²) in [5.41, 5.74) is 0. The van der Waals surface area contributed by atoms with E-state index >= 15 is 0 Å². The summed E-state index contributed by atoms with van der Waals surface area (Å²) >= 11 is 0. The maximum absolute atomic E-state index is 10.2.